The summed E-state index contributed by atoms with van der Waals surface area (Å²) in [4.78, 5) is 12.0. The second kappa shape index (κ2) is 9.15. The Hall–Kier alpha value is -2.94. The molecule has 0 fully saturated rings. The molecule has 0 aliphatic rings. The summed E-state index contributed by atoms with van der Waals surface area (Å²) in [5, 5.41) is 0. The van der Waals surface area contributed by atoms with E-state index in [0.29, 0.717) is 0 Å². The highest BCUT2D eigenvalue weighted by Gasteiger charge is 1.94. The first kappa shape index (κ1) is 16.4. The Balaban J connectivity index is 0.000000924. The van der Waals surface area contributed by atoms with Crippen LogP contribution in [-0.4, -0.2) is 17.4 Å². The fourth-order valence-electron chi connectivity index (χ4n) is 1.89. The van der Waals surface area contributed by atoms with Crippen LogP contribution >= 0.6 is 0 Å². The topological polar surface area (TPSA) is 40.5 Å². The van der Waals surface area contributed by atoms with Gasteiger partial charge in [-0.15, -0.1) is 0 Å². The van der Waals surface area contributed by atoms with Crippen molar-refractivity contribution >= 4 is 24.1 Å². The van der Waals surface area contributed by atoms with Gasteiger partial charge in [-0.05, 0) is 23.3 Å². The second-order valence-electron chi connectivity index (χ2n) is 4.57. The summed E-state index contributed by atoms with van der Waals surface area (Å²) in [5.41, 5.74) is 2.14. The quantitative estimate of drug-likeness (QED) is 0.615. The van der Waals surface area contributed by atoms with E-state index in [2.05, 4.69) is 15.0 Å². The Kier molecular flexibility index (Phi) is 6.54. The van der Waals surface area contributed by atoms with Gasteiger partial charge in [0.1, 0.15) is 11.6 Å². The van der Waals surface area contributed by atoms with Crippen LogP contribution < -0.4 is 0 Å². The number of aromatic amines is 1. The fraction of sp³-hybridized carbons (Fsp3) is 0.100. The van der Waals surface area contributed by atoms with Crippen LogP contribution in [0, 0.1) is 0 Å². The normalized spacial score (nSPS) is 10.7. The Morgan fingerprint density at radius 3 is 1.39 bits per heavy atom. The van der Waals surface area contributed by atoms with E-state index in [4.69, 9.17) is 0 Å². The maximum absolute atomic E-state index is 4.40. The Labute approximate surface area is 137 Å². The molecule has 3 heteroatoms. The summed E-state index contributed by atoms with van der Waals surface area (Å²) in [6, 6.07) is 23.8. The summed E-state index contributed by atoms with van der Waals surface area (Å²) in [5.74, 6) is 1.58. The predicted molar refractivity (Wildman–Crippen MR) is 99.5 cm³/mol. The van der Waals surface area contributed by atoms with Crippen molar-refractivity contribution in [2.75, 3.05) is 0 Å². The van der Waals surface area contributed by atoms with Crippen LogP contribution in [0.5, 0.6) is 0 Å². The van der Waals surface area contributed by atoms with Crippen LogP contribution in [0.25, 0.3) is 0 Å². The number of hydrogen-bond acceptors (Lipinski definition) is 2. The van der Waals surface area contributed by atoms with Gasteiger partial charge in [-0.2, -0.15) is 0 Å². The van der Waals surface area contributed by atoms with Crippen molar-refractivity contribution in [3.05, 3.63) is 83.9 Å². The van der Waals surface area contributed by atoms with E-state index in [0.717, 1.165) is 22.8 Å². The highest BCUT2D eigenvalue weighted by molar-refractivity contribution is 5.82. The standard InChI is InChI=1S/C18H15N3.C2H6/c1-3-7-15(8-4-1)13-19-17-11-12-18(21-17)20-14-16-9-5-2-6-10-16;1-2/h1-14,21H;1-2H3/b19-13+,20-14+;. The van der Waals surface area contributed by atoms with Gasteiger partial charge >= 0.3 is 0 Å². The Morgan fingerprint density at radius 2 is 1.00 bits per heavy atom. The van der Waals surface area contributed by atoms with Crippen LogP contribution in [0.1, 0.15) is 25.0 Å². The SMILES string of the molecule is C(=N\c1ccc(/N=C/c2ccccc2)[nH]1)/c1ccccc1.CC. The molecule has 0 aliphatic carbocycles. The van der Waals surface area contributed by atoms with Gasteiger partial charge < -0.3 is 4.98 Å². The predicted octanol–water partition coefficient (Wildman–Crippen LogP) is 5.54. The third kappa shape index (κ3) is 5.40. The Morgan fingerprint density at radius 1 is 0.609 bits per heavy atom. The number of hydrogen-bond donors (Lipinski definition) is 1. The van der Waals surface area contributed by atoms with E-state index in [9.17, 15) is 0 Å². The van der Waals surface area contributed by atoms with E-state index in [-0.39, 0.29) is 0 Å². The van der Waals surface area contributed by atoms with Gasteiger partial charge in [0.15, 0.2) is 0 Å². The minimum Gasteiger partial charge on any atom is -0.325 e. The van der Waals surface area contributed by atoms with E-state index < -0.39 is 0 Å². The number of nitrogens with one attached hydrogen (secondary N) is 1. The van der Waals surface area contributed by atoms with Gasteiger partial charge in [0.2, 0.25) is 0 Å². The van der Waals surface area contributed by atoms with Crippen molar-refractivity contribution < 1.29 is 0 Å². The maximum atomic E-state index is 4.40. The van der Waals surface area contributed by atoms with E-state index in [1.165, 1.54) is 0 Å². The largest absolute Gasteiger partial charge is 0.325 e. The summed E-state index contributed by atoms with van der Waals surface area (Å²) >= 11 is 0. The van der Waals surface area contributed by atoms with Crippen LogP contribution in [0.2, 0.25) is 0 Å². The summed E-state index contributed by atoms with van der Waals surface area (Å²) < 4.78 is 0. The molecule has 0 amide bonds. The van der Waals surface area contributed by atoms with Crippen molar-refractivity contribution in [2.45, 2.75) is 13.8 Å². The summed E-state index contributed by atoms with van der Waals surface area (Å²) in [6.07, 6.45) is 3.66. The van der Waals surface area contributed by atoms with Crippen molar-refractivity contribution in [2.24, 2.45) is 9.98 Å². The van der Waals surface area contributed by atoms with Gasteiger partial charge in [0.25, 0.3) is 0 Å². The number of aliphatic imine (C=N–C) groups is 2. The monoisotopic (exact) mass is 303 g/mol. The lowest BCUT2D eigenvalue weighted by Gasteiger charge is -1.91. The molecule has 0 aliphatic heterocycles. The Bertz CT molecular complexity index is 677. The van der Waals surface area contributed by atoms with Crippen LogP contribution in [0.4, 0.5) is 11.6 Å². The molecule has 3 nitrogen and oxygen atoms in total. The molecule has 3 aromatic rings. The zero-order valence-corrected chi connectivity index (χ0v) is 13.5. The van der Waals surface area contributed by atoms with Gasteiger partial charge in [0, 0.05) is 12.4 Å². The van der Waals surface area contributed by atoms with Crippen molar-refractivity contribution in [1.29, 1.82) is 0 Å². The smallest absolute Gasteiger partial charge is 0.131 e. The fourth-order valence-corrected chi connectivity index (χ4v) is 1.89. The maximum Gasteiger partial charge on any atom is 0.131 e. The molecule has 0 atom stereocenters. The number of aromatic nitrogens is 1. The molecule has 0 bridgehead atoms. The molecule has 2 aromatic carbocycles. The van der Waals surface area contributed by atoms with Gasteiger partial charge in [-0.1, -0.05) is 74.5 Å². The van der Waals surface area contributed by atoms with Gasteiger partial charge in [-0.3, -0.25) is 0 Å². The van der Waals surface area contributed by atoms with Crippen LogP contribution in [-0.2, 0) is 0 Å². The molecule has 116 valence electrons. The molecule has 0 unspecified atom stereocenters. The minimum absolute atomic E-state index is 0.791. The number of rotatable bonds is 4. The molecular weight excluding hydrogens is 282 g/mol. The van der Waals surface area contributed by atoms with Crippen LogP contribution in [0.15, 0.2) is 82.8 Å². The third-order valence-electron chi connectivity index (χ3n) is 2.96. The van der Waals surface area contributed by atoms with E-state index >= 15 is 0 Å². The minimum atomic E-state index is 0.791. The molecular formula is C20H21N3. The lowest BCUT2D eigenvalue weighted by atomic mass is 10.2. The molecule has 0 spiro atoms. The average molecular weight is 303 g/mol. The second-order valence-corrected chi connectivity index (χ2v) is 4.57. The van der Waals surface area contributed by atoms with Crippen molar-refractivity contribution in [3.8, 4) is 0 Å². The third-order valence-corrected chi connectivity index (χ3v) is 2.96. The molecule has 0 saturated heterocycles. The van der Waals surface area contributed by atoms with Gasteiger partial charge in [-0.25, -0.2) is 9.98 Å². The van der Waals surface area contributed by atoms with E-state index in [1.807, 2.05) is 99.1 Å². The van der Waals surface area contributed by atoms with Crippen molar-refractivity contribution in [3.63, 3.8) is 0 Å². The molecule has 0 radical (unpaired) electrons. The lowest BCUT2D eigenvalue weighted by Crippen LogP contribution is -1.78. The number of nitrogens with zero attached hydrogens (tertiary/aromatic N) is 2. The van der Waals surface area contributed by atoms with Crippen LogP contribution in [0.3, 0.4) is 0 Å². The summed E-state index contributed by atoms with van der Waals surface area (Å²) in [6.45, 7) is 4.00. The molecule has 0 saturated carbocycles. The number of benzene rings is 2. The first-order chi connectivity index (χ1) is 11.4. The zero-order valence-electron chi connectivity index (χ0n) is 13.5. The first-order valence-corrected chi connectivity index (χ1v) is 7.77. The highest BCUT2D eigenvalue weighted by Crippen LogP contribution is 2.17. The average Bonchev–Trinajstić information content (AvgIpc) is 3.10. The van der Waals surface area contributed by atoms with E-state index in [1.54, 1.807) is 0 Å². The molecule has 23 heavy (non-hydrogen) atoms. The lowest BCUT2D eigenvalue weighted by molar-refractivity contribution is 1.30. The molecule has 1 N–H and O–H groups in total. The molecule has 1 aromatic heterocycles. The zero-order chi connectivity index (χ0) is 16.3. The first-order valence-electron chi connectivity index (χ1n) is 7.77. The highest BCUT2D eigenvalue weighted by atomic mass is 15.0. The van der Waals surface area contributed by atoms with Crippen molar-refractivity contribution in [1.82, 2.24) is 4.98 Å². The summed E-state index contributed by atoms with van der Waals surface area (Å²) in [7, 11) is 0. The van der Waals surface area contributed by atoms with Gasteiger partial charge in [0.05, 0.1) is 0 Å². The molecule has 3 rings (SSSR count). The molecule has 1 heterocycles. The number of H-pyrrole nitrogens is 1.